The topological polar surface area (TPSA) is 82.1 Å². The Balaban J connectivity index is 1.72. The second kappa shape index (κ2) is 7.61. The fourth-order valence-electron chi connectivity index (χ4n) is 3.08. The standard InChI is InChI=1S/C14H25N3O4/c1-21-12(8-13(18)19)9-15-14(20)17-7-4-11(10-17)16-5-2-3-6-16/h11-12H,2-10H2,1H3,(H,15,20)(H,18,19). The SMILES string of the molecule is COC(CNC(=O)N1CCC(N2CCCC2)C1)CC(=O)O. The number of methoxy groups -OCH3 is 1. The quantitative estimate of drug-likeness (QED) is 0.740. The lowest BCUT2D eigenvalue weighted by Gasteiger charge is -2.24. The van der Waals surface area contributed by atoms with Crippen LogP contribution < -0.4 is 5.32 Å². The van der Waals surface area contributed by atoms with Crippen LogP contribution in [0.1, 0.15) is 25.7 Å². The summed E-state index contributed by atoms with van der Waals surface area (Å²) in [5.74, 6) is -0.925. The highest BCUT2D eigenvalue weighted by molar-refractivity contribution is 5.74. The first-order chi connectivity index (χ1) is 10.1. The molecule has 2 aliphatic rings. The first-order valence-electron chi connectivity index (χ1n) is 7.61. The number of urea groups is 1. The van der Waals surface area contributed by atoms with E-state index in [2.05, 4.69) is 10.2 Å². The van der Waals surface area contributed by atoms with E-state index in [0.717, 1.165) is 32.6 Å². The number of ether oxygens (including phenoxy) is 1. The van der Waals surface area contributed by atoms with Crippen molar-refractivity contribution in [2.45, 2.75) is 37.8 Å². The molecule has 2 rings (SSSR count). The Morgan fingerprint density at radius 3 is 2.67 bits per heavy atom. The number of carboxylic acid groups (broad SMARTS) is 1. The minimum Gasteiger partial charge on any atom is -0.481 e. The third-order valence-corrected chi connectivity index (χ3v) is 4.32. The Morgan fingerprint density at radius 1 is 1.33 bits per heavy atom. The average Bonchev–Trinajstić information content (AvgIpc) is 3.12. The molecule has 7 nitrogen and oxygen atoms in total. The number of hydrogen-bond acceptors (Lipinski definition) is 4. The van der Waals surface area contributed by atoms with Crippen LogP contribution in [0.4, 0.5) is 4.79 Å². The predicted octanol–water partition coefficient (Wildman–Crippen LogP) is 0.356. The molecule has 0 aromatic heterocycles. The fourth-order valence-corrected chi connectivity index (χ4v) is 3.08. The van der Waals surface area contributed by atoms with Crippen molar-refractivity contribution >= 4 is 12.0 Å². The molecule has 2 saturated heterocycles. The summed E-state index contributed by atoms with van der Waals surface area (Å²) in [5, 5.41) is 11.5. The first-order valence-corrected chi connectivity index (χ1v) is 7.61. The fraction of sp³-hybridized carbons (Fsp3) is 0.857. The lowest BCUT2D eigenvalue weighted by atomic mass is 10.2. The molecule has 0 aliphatic carbocycles. The first kappa shape index (κ1) is 16.0. The maximum atomic E-state index is 12.1. The molecule has 0 bridgehead atoms. The number of nitrogens with zero attached hydrogens (tertiary/aromatic N) is 2. The Kier molecular flexibility index (Phi) is 5.81. The number of amides is 2. The number of carbonyl (C=O) groups is 2. The van der Waals surface area contributed by atoms with Gasteiger partial charge in [0.05, 0.1) is 12.5 Å². The molecule has 0 saturated carbocycles. The third-order valence-electron chi connectivity index (χ3n) is 4.32. The summed E-state index contributed by atoms with van der Waals surface area (Å²) in [6, 6.07) is 0.361. The third kappa shape index (κ3) is 4.57. The van der Waals surface area contributed by atoms with Gasteiger partial charge in [0.15, 0.2) is 0 Å². The number of carbonyl (C=O) groups excluding carboxylic acids is 1. The van der Waals surface area contributed by atoms with Crippen molar-refractivity contribution in [2.24, 2.45) is 0 Å². The second-order valence-electron chi connectivity index (χ2n) is 5.77. The molecule has 120 valence electrons. The molecule has 2 aliphatic heterocycles. The van der Waals surface area contributed by atoms with Crippen LogP contribution in [0.2, 0.25) is 0 Å². The molecular weight excluding hydrogens is 274 g/mol. The van der Waals surface area contributed by atoms with E-state index in [9.17, 15) is 9.59 Å². The van der Waals surface area contributed by atoms with Crippen molar-refractivity contribution < 1.29 is 19.4 Å². The zero-order valence-corrected chi connectivity index (χ0v) is 12.6. The summed E-state index contributed by atoms with van der Waals surface area (Å²) in [6.07, 6.45) is 2.95. The summed E-state index contributed by atoms with van der Waals surface area (Å²) in [5.41, 5.74) is 0. The molecule has 0 spiro atoms. The number of hydrogen-bond donors (Lipinski definition) is 2. The molecule has 0 radical (unpaired) electrons. The Hall–Kier alpha value is -1.34. The van der Waals surface area contributed by atoms with Gasteiger partial charge in [0.25, 0.3) is 0 Å². The number of aliphatic carboxylic acids is 1. The van der Waals surface area contributed by atoms with E-state index in [1.807, 2.05) is 4.90 Å². The molecule has 0 aromatic carbocycles. The van der Waals surface area contributed by atoms with E-state index in [4.69, 9.17) is 9.84 Å². The molecule has 2 heterocycles. The minimum atomic E-state index is -0.925. The van der Waals surface area contributed by atoms with Crippen molar-refractivity contribution in [1.29, 1.82) is 0 Å². The van der Waals surface area contributed by atoms with Gasteiger partial charge in [-0.15, -0.1) is 0 Å². The molecule has 2 N–H and O–H groups in total. The van der Waals surface area contributed by atoms with Crippen LogP contribution in [0.3, 0.4) is 0 Å². The molecule has 21 heavy (non-hydrogen) atoms. The van der Waals surface area contributed by atoms with Crippen LogP contribution in [0, 0.1) is 0 Å². The van der Waals surface area contributed by atoms with Gasteiger partial charge in [-0.05, 0) is 32.4 Å². The van der Waals surface area contributed by atoms with Crippen molar-refractivity contribution in [2.75, 3.05) is 39.8 Å². The molecule has 2 unspecified atom stereocenters. The van der Waals surface area contributed by atoms with Gasteiger partial charge in [-0.2, -0.15) is 0 Å². The summed E-state index contributed by atoms with van der Waals surface area (Å²) in [4.78, 5) is 27.0. The van der Waals surface area contributed by atoms with Crippen molar-refractivity contribution in [3.63, 3.8) is 0 Å². The number of rotatable bonds is 6. The van der Waals surface area contributed by atoms with Crippen LogP contribution in [-0.2, 0) is 9.53 Å². The highest BCUT2D eigenvalue weighted by Gasteiger charge is 2.31. The van der Waals surface area contributed by atoms with Gasteiger partial charge in [0.1, 0.15) is 0 Å². The molecule has 0 aromatic rings. The molecular formula is C14H25N3O4. The summed E-state index contributed by atoms with van der Waals surface area (Å²) in [7, 11) is 1.46. The molecule has 2 fully saturated rings. The van der Waals surface area contributed by atoms with Crippen LogP contribution in [0.15, 0.2) is 0 Å². The summed E-state index contributed by atoms with van der Waals surface area (Å²) >= 11 is 0. The minimum absolute atomic E-state index is 0.104. The highest BCUT2D eigenvalue weighted by Crippen LogP contribution is 2.20. The summed E-state index contributed by atoms with van der Waals surface area (Å²) in [6.45, 7) is 4.05. The Bertz CT molecular complexity index is 371. The molecule has 2 amide bonds. The van der Waals surface area contributed by atoms with Gasteiger partial charge in [0, 0.05) is 32.8 Å². The van der Waals surface area contributed by atoms with Gasteiger partial charge in [-0.25, -0.2) is 4.79 Å². The van der Waals surface area contributed by atoms with Crippen molar-refractivity contribution in [1.82, 2.24) is 15.1 Å². The van der Waals surface area contributed by atoms with Gasteiger partial charge in [-0.1, -0.05) is 0 Å². The van der Waals surface area contributed by atoms with Crippen LogP contribution in [-0.4, -0.2) is 78.9 Å². The maximum Gasteiger partial charge on any atom is 0.317 e. The number of carboxylic acids is 1. The predicted molar refractivity (Wildman–Crippen MR) is 77.2 cm³/mol. The van der Waals surface area contributed by atoms with Crippen molar-refractivity contribution in [3.8, 4) is 0 Å². The van der Waals surface area contributed by atoms with Crippen LogP contribution in [0.25, 0.3) is 0 Å². The summed E-state index contributed by atoms with van der Waals surface area (Å²) < 4.78 is 5.05. The number of nitrogens with one attached hydrogen (secondary N) is 1. The van der Waals surface area contributed by atoms with E-state index >= 15 is 0 Å². The zero-order valence-electron chi connectivity index (χ0n) is 12.6. The lowest BCUT2D eigenvalue weighted by Crippen LogP contribution is -2.44. The lowest BCUT2D eigenvalue weighted by molar-refractivity contribution is -0.139. The van der Waals surface area contributed by atoms with Crippen LogP contribution >= 0.6 is 0 Å². The van der Waals surface area contributed by atoms with Crippen molar-refractivity contribution in [3.05, 3.63) is 0 Å². The normalized spacial score (nSPS) is 24.2. The smallest absolute Gasteiger partial charge is 0.317 e. The Labute approximate surface area is 125 Å². The largest absolute Gasteiger partial charge is 0.481 e. The van der Waals surface area contributed by atoms with Gasteiger partial charge >= 0.3 is 12.0 Å². The zero-order chi connectivity index (χ0) is 15.2. The monoisotopic (exact) mass is 299 g/mol. The van der Waals surface area contributed by atoms with E-state index in [1.54, 1.807) is 0 Å². The Morgan fingerprint density at radius 2 is 2.05 bits per heavy atom. The van der Waals surface area contributed by atoms with E-state index in [-0.39, 0.29) is 19.0 Å². The van der Waals surface area contributed by atoms with Gasteiger partial charge in [0.2, 0.25) is 0 Å². The second-order valence-corrected chi connectivity index (χ2v) is 5.77. The van der Waals surface area contributed by atoms with E-state index < -0.39 is 12.1 Å². The van der Waals surface area contributed by atoms with Gasteiger partial charge in [-0.3, -0.25) is 9.69 Å². The average molecular weight is 299 g/mol. The van der Waals surface area contributed by atoms with Gasteiger partial charge < -0.3 is 20.1 Å². The van der Waals surface area contributed by atoms with E-state index in [0.29, 0.717) is 6.04 Å². The molecule has 7 heteroatoms. The van der Waals surface area contributed by atoms with Crippen LogP contribution in [0.5, 0.6) is 0 Å². The number of likely N-dealkylation sites (tertiary alicyclic amines) is 2. The van der Waals surface area contributed by atoms with E-state index in [1.165, 1.54) is 20.0 Å². The molecule has 2 atom stereocenters. The maximum absolute atomic E-state index is 12.1. The highest BCUT2D eigenvalue weighted by atomic mass is 16.5.